The van der Waals surface area contributed by atoms with Crippen LogP contribution in [-0.2, 0) is 17.8 Å². The molecule has 7 heteroatoms. The Hall–Kier alpha value is -2.28. The molecule has 0 radical (unpaired) electrons. The Labute approximate surface area is 168 Å². The number of aromatic nitrogens is 3. The summed E-state index contributed by atoms with van der Waals surface area (Å²) in [6, 6.07) is 8.30. The lowest BCUT2D eigenvalue weighted by Crippen LogP contribution is -2.36. The maximum absolute atomic E-state index is 12.8. The fourth-order valence-electron chi connectivity index (χ4n) is 4.39. The van der Waals surface area contributed by atoms with Gasteiger partial charge in [0.1, 0.15) is 0 Å². The Morgan fingerprint density at radius 3 is 2.96 bits per heavy atom. The second-order valence-electron chi connectivity index (χ2n) is 7.72. The average molecular weight is 397 g/mol. The van der Waals surface area contributed by atoms with Gasteiger partial charge in [0.15, 0.2) is 0 Å². The quantitative estimate of drug-likeness (QED) is 0.667. The Balaban J connectivity index is 1.21. The van der Waals surface area contributed by atoms with E-state index in [1.54, 1.807) is 0 Å². The van der Waals surface area contributed by atoms with Crippen molar-refractivity contribution in [2.24, 2.45) is 0 Å². The molecule has 1 amide bonds. The maximum atomic E-state index is 12.8. The summed E-state index contributed by atoms with van der Waals surface area (Å²) >= 11 is 1.35. The molecule has 28 heavy (non-hydrogen) atoms. The van der Waals surface area contributed by atoms with Crippen molar-refractivity contribution in [2.45, 2.75) is 56.2 Å². The van der Waals surface area contributed by atoms with Crippen molar-refractivity contribution in [3.8, 4) is 0 Å². The SMILES string of the molecule is O=C(CSc1nnc(C2CCCCC2)o1)N1CCc2[nH]c3ccccc3c2C1. The molecule has 2 aliphatic rings. The van der Waals surface area contributed by atoms with E-state index in [-0.39, 0.29) is 5.91 Å². The third-order valence-corrected chi connectivity index (χ3v) is 6.73. The summed E-state index contributed by atoms with van der Waals surface area (Å²) in [5, 5.41) is 10.1. The second kappa shape index (κ2) is 7.62. The largest absolute Gasteiger partial charge is 0.416 e. The molecule has 0 spiro atoms. The first-order valence-electron chi connectivity index (χ1n) is 10.1. The topological polar surface area (TPSA) is 75.0 Å². The summed E-state index contributed by atoms with van der Waals surface area (Å²) in [6.07, 6.45) is 6.90. The van der Waals surface area contributed by atoms with Crippen molar-refractivity contribution in [1.29, 1.82) is 0 Å². The van der Waals surface area contributed by atoms with Crippen molar-refractivity contribution < 1.29 is 9.21 Å². The third kappa shape index (κ3) is 3.43. The number of H-pyrrole nitrogens is 1. The lowest BCUT2D eigenvalue weighted by molar-refractivity contribution is -0.129. The number of thioether (sulfide) groups is 1. The van der Waals surface area contributed by atoms with Crippen LogP contribution in [0.25, 0.3) is 10.9 Å². The van der Waals surface area contributed by atoms with Gasteiger partial charge in [-0.05, 0) is 18.9 Å². The van der Waals surface area contributed by atoms with E-state index in [1.807, 2.05) is 17.0 Å². The van der Waals surface area contributed by atoms with Crippen LogP contribution in [0.3, 0.4) is 0 Å². The van der Waals surface area contributed by atoms with Crippen LogP contribution < -0.4 is 0 Å². The molecule has 0 unspecified atom stereocenters. The van der Waals surface area contributed by atoms with Crippen LogP contribution in [-0.4, -0.2) is 38.3 Å². The summed E-state index contributed by atoms with van der Waals surface area (Å²) in [7, 11) is 0. The highest BCUT2D eigenvalue weighted by Gasteiger charge is 2.25. The lowest BCUT2D eigenvalue weighted by Gasteiger charge is -2.27. The van der Waals surface area contributed by atoms with Gasteiger partial charge in [-0.2, -0.15) is 0 Å². The highest BCUT2D eigenvalue weighted by atomic mass is 32.2. The molecule has 1 saturated carbocycles. The number of aromatic amines is 1. The van der Waals surface area contributed by atoms with E-state index in [1.165, 1.54) is 47.7 Å². The highest BCUT2D eigenvalue weighted by molar-refractivity contribution is 7.99. The molecule has 1 aliphatic carbocycles. The first kappa shape index (κ1) is 17.8. The first-order chi connectivity index (χ1) is 13.8. The van der Waals surface area contributed by atoms with E-state index >= 15 is 0 Å². The number of carbonyl (C=O) groups is 1. The summed E-state index contributed by atoms with van der Waals surface area (Å²) in [5.41, 5.74) is 3.65. The Morgan fingerprint density at radius 2 is 2.07 bits per heavy atom. The van der Waals surface area contributed by atoms with Gasteiger partial charge in [0.25, 0.3) is 5.22 Å². The fraction of sp³-hybridized carbons (Fsp3) is 0.476. The van der Waals surface area contributed by atoms with Gasteiger partial charge in [0.05, 0.1) is 5.75 Å². The minimum absolute atomic E-state index is 0.123. The fourth-order valence-corrected chi connectivity index (χ4v) is 5.06. The van der Waals surface area contributed by atoms with Gasteiger partial charge < -0.3 is 14.3 Å². The Morgan fingerprint density at radius 1 is 1.21 bits per heavy atom. The number of nitrogens with zero attached hydrogens (tertiary/aromatic N) is 3. The maximum Gasteiger partial charge on any atom is 0.277 e. The zero-order valence-electron chi connectivity index (χ0n) is 15.8. The van der Waals surface area contributed by atoms with Crippen LogP contribution in [0.2, 0.25) is 0 Å². The van der Waals surface area contributed by atoms with E-state index in [4.69, 9.17) is 4.42 Å². The van der Waals surface area contributed by atoms with Crippen molar-refractivity contribution in [2.75, 3.05) is 12.3 Å². The van der Waals surface area contributed by atoms with Crippen LogP contribution in [0.15, 0.2) is 33.9 Å². The van der Waals surface area contributed by atoms with E-state index < -0.39 is 0 Å². The molecule has 1 N–H and O–H groups in total. The van der Waals surface area contributed by atoms with Gasteiger partial charge in [0.2, 0.25) is 11.8 Å². The summed E-state index contributed by atoms with van der Waals surface area (Å²) < 4.78 is 5.83. The summed E-state index contributed by atoms with van der Waals surface area (Å²) in [5.74, 6) is 1.60. The molecule has 0 bridgehead atoms. The number of para-hydroxylation sites is 1. The third-order valence-electron chi connectivity index (χ3n) is 5.93. The number of hydrogen-bond acceptors (Lipinski definition) is 5. The van der Waals surface area contributed by atoms with E-state index in [9.17, 15) is 4.79 Å². The molecular weight excluding hydrogens is 372 g/mol. The second-order valence-corrected chi connectivity index (χ2v) is 8.65. The number of carbonyl (C=O) groups excluding carboxylic acids is 1. The summed E-state index contributed by atoms with van der Waals surface area (Å²) in [6.45, 7) is 1.41. The Bertz CT molecular complexity index is 989. The molecule has 3 aromatic rings. The zero-order chi connectivity index (χ0) is 18.9. The van der Waals surface area contributed by atoms with Gasteiger partial charge in [0, 0.05) is 47.6 Å². The monoisotopic (exact) mass is 396 g/mol. The predicted molar refractivity (Wildman–Crippen MR) is 108 cm³/mol. The number of fused-ring (bicyclic) bond motifs is 3. The molecule has 0 saturated heterocycles. The van der Waals surface area contributed by atoms with Gasteiger partial charge >= 0.3 is 0 Å². The minimum atomic E-state index is 0.123. The molecule has 1 aromatic carbocycles. The van der Waals surface area contributed by atoms with E-state index in [2.05, 4.69) is 27.3 Å². The number of amides is 1. The van der Waals surface area contributed by atoms with E-state index in [0.29, 0.717) is 23.4 Å². The molecule has 6 nitrogen and oxygen atoms in total. The van der Waals surface area contributed by atoms with E-state index in [0.717, 1.165) is 37.2 Å². The lowest BCUT2D eigenvalue weighted by atomic mass is 9.89. The number of hydrogen-bond donors (Lipinski definition) is 1. The van der Waals surface area contributed by atoms with Crippen LogP contribution in [0.4, 0.5) is 0 Å². The minimum Gasteiger partial charge on any atom is -0.416 e. The van der Waals surface area contributed by atoms with Crippen LogP contribution in [0, 0.1) is 0 Å². The van der Waals surface area contributed by atoms with Gasteiger partial charge in [-0.25, -0.2) is 0 Å². The molecule has 2 aromatic heterocycles. The number of nitrogens with one attached hydrogen (secondary N) is 1. The molecule has 5 rings (SSSR count). The number of benzene rings is 1. The molecular formula is C21H24N4O2S. The van der Waals surface area contributed by atoms with Crippen LogP contribution >= 0.6 is 11.8 Å². The normalized spacial score (nSPS) is 17.8. The smallest absolute Gasteiger partial charge is 0.277 e. The van der Waals surface area contributed by atoms with Crippen molar-refractivity contribution in [3.05, 3.63) is 41.4 Å². The molecule has 1 aliphatic heterocycles. The van der Waals surface area contributed by atoms with Gasteiger partial charge in [-0.3, -0.25) is 4.79 Å². The number of rotatable bonds is 4. The molecule has 0 atom stereocenters. The van der Waals surface area contributed by atoms with Crippen molar-refractivity contribution in [3.63, 3.8) is 0 Å². The summed E-state index contributed by atoms with van der Waals surface area (Å²) in [4.78, 5) is 18.2. The molecule has 1 fully saturated rings. The van der Waals surface area contributed by atoms with Crippen molar-refractivity contribution >= 4 is 28.6 Å². The Kier molecular flexibility index (Phi) is 4.84. The molecule has 3 heterocycles. The standard InChI is InChI=1S/C21H24N4O2S/c26-19(13-28-21-24-23-20(27-21)14-6-2-1-3-7-14)25-11-10-18-16(12-25)15-8-4-5-9-17(15)22-18/h4-5,8-9,14,22H,1-3,6-7,10-13H2. The van der Waals surface area contributed by atoms with Crippen molar-refractivity contribution in [1.82, 2.24) is 20.1 Å². The zero-order valence-corrected chi connectivity index (χ0v) is 16.6. The van der Waals surface area contributed by atoms with Gasteiger partial charge in [-0.1, -0.05) is 49.2 Å². The van der Waals surface area contributed by atoms with Crippen LogP contribution in [0.1, 0.15) is 55.2 Å². The molecule has 146 valence electrons. The predicted octanol–water partition coefficient (Wildman–Crippen LogP) is 4.28. The highest BCUT2D eigenvalue weighted by Crippen LogP contribution is 2.33. The average Bonchev–Trinajstić information content (AvgIpc) is 3.37. The van der Waals surface area contributed by atoms with Crippen LogP contribution in [0.5, 0.6) is 0 Å². The first-order valence-corrected chi connectivity index (χ1v) is 11.1. The van der Waals surface area contributed by atoms with Gasteiger partial charge in [-0.15, -0.1) is 10.2 Å².